The topological polar surface area (TPSA) is 78.0 Å². The standard InChI is InChI=1S/C14H16N6OS2/c1-9-7-12(21)20-13(15-9)23-11(18-20)8-22-14-17-16-10-5-3-2-4-6-19(10)14/h7H,2-6,8H2,1H3. The van der Waals surface area contributed by atoms with Crippen LogP contribution in [0.1, 0.15) is 35.8 Å². The second-order valence-electron chi connectivity index (χ2n) is 5.58. The van der Waals surface area contributed by atoms with Gasteiger partial charge in [0.1, 0.15) is 10.8 Å². The van der Waals surface area contributed by atoms with E-state index in [1.165, 1.54) is 41.2 Å². The molecule has 1 aliphatic heterocycles. The van der Waals surface area contributed by atoms with Crippen molar-refractivity contribution in [2.45, 2.75) is 50.1 Å². The van der Waals surface area contributed by atoms with Gasteiger partial charge < -0.3 is 4.57 Å². The molecule has 0 saturated carbocycles. The van der Waals surface area contributed by atoms with Crippen LogP contribution in [0.2, 0.25) is 0 Å². The maximum absolute atomic E-state index is 11.9. The molecule has 4 heterocycles. The zero-order valence-electron chi connectivity index (χ0n) is 12.7. The van der Waals surface area contributed by atoms with E-state index in [0.717, 1.165) is 34.6 Å². The lowest BCUT2D eigenvalue weighted by Crippen LogP contribution is -2.14. The van der Waals surface area contributed by atoms with Gasteiger partial charge in [-0.3, -0.25) is 4.79 Å². The van der Waals surface area contributed by atoms with Gasteiger partial charge in [-0.15, -0.1) is 10.2 Å². The third kappa shape index (κ3) is 2.90. The van der Waals surface area contributed by atoms with Gasteiger partial charge in [0.15, 0.2) is 5.16 Å². The van der Waals surface area contributed by atoms with Crippen molar-refractivity contribution in [2.75, 3.05) is 0 Å². The summed E-state index contributed by atoms with van der Waals surface area (Å²) >= 11 is 3.07. The Morgan fingerprint density at radius 3 is 3.13 bits per heavy atom. The molecule has 0 spiro atoms. The Labute approximate surface area is 140 Å². The quantitative estimate of drug-likeness (QED) is 0.674. The van der Waals surface area contributed by atoms with Gasteiger partial charge in [-0.25, -0.2) is 4.98 Å². The zero-order chi connectivity index (χ0) is 15.8. The van der Waals surface area contributed by atoms with Crippen LogP contribution < -0.4 is 5.56 Å². The molecule has 3 aromatic rings. The first-order valence-corrected chi connectivity index (χ1v) is 9.42. The summed E-state index contributed by atoms with van der Waals surface area (Å²) in [5.74, 6) is 1.76. The summed E-state index contributed by atoms with van der Waals surface area (Å²) in [6, 6.07) is 1.50. The van der Waals surface area contributed by atoms with Gasteiger partial charge in [-0.05, 0) is 19.8 Å². The molecule has 0 aliphatic carbocycles. The number of aryl methyl sites for hydroxylation is 2. The number of rotatable bonds is 3. The first-order chi connectivity index (χ1) is 11.2. The van der Waals surface area contributed by atoms with Gasteiger partial charge in [0.05, 0.1) is 5.75 Å². The van der Waals surface area contributed by atoms with Crippen molar-refractivity contribution in [1.29, 1.82) is 0 Å². The van der Waals surface area contributed by atoms with Crippen molar-refractivity contribution >= 4 is 28.1 Å². The molecule has 0 radical (unpaired) electrons. The van der Waals surface area contributed by atoms with Gasteiger partial charge in [0.25, 0.3) is 5.56 Å². The van der Waals surface area contributed by atoms with Crippen molar-refractivity contribution in [3.63, 3.8) is 0 Å². The van der Waals surface area contributed by atoms with E-state index in [1.807, 2.05) is 6.92 Å². The van der Waals surface area contributed by atoms with Crippen molar-refractivity contribution < 1.29 is 0 Å². The Morgan fingerprint density at radius 1 is 1.30 bits per heavy atom. The number of fused-ring (bicyclic) bond motifs is 2. The molecule has 0 fully saturated rings. The van der Waals surface area contributed by atoms with E-state index in [0.29, 0.717) is 10.7 Å². The minimum absolute atomic E-state index is 0.128. The molecule has 0 saturated heterocycles. The second-order valence-corrected chi connectivity index (χ2v) is 7.56. The molecule has 3 aromatic heterocycles. The molecule has 0 unspecified atom stereocenters. The lowest BCUT2D eigenvalue weighted by atomic mass is 10.2. The first kappa shape index (κ1) is 14.8. The van der Waals surface area contributed by atoms with Crippen LogP contribution in [-0.2, 0) is 18.7 Å². The van der Waals surface area contributed by atoms with E-state index < -0.39 is 0 Å². The lowest BCUT2D eigenvalue weighted by molar-refractivity contribution is 0.591. The average molecular weight is 348 g/mol. The van der Waals surface area contributed by atoms with Crippen molar-refractivity contribution in [1.82, 2.24) is 29.4 Å². The van der Waals surface area contributed by atoms with Crippen LogP contribution in [0.4, 0.5) is 0 Å². The minimum atomic E-state index is -0.128. The summed E-state index contributed by atoms with van der Waals surface area (Å²) in [7, 11) is 0. The fraction of sp³-hybridized carbons (Fsp3) is 0.500. The summed E-state index contributed by atoms with van der Waals surface area (Å²) in [5.41, 5.74) is 0.594. The van der Waals surface area contributed by atoms with E-state index in [9.17, 15) is 4.79 Å². The Kier molecular flexibility index (Phi) is 3.90. The van der Waals surface area contributed by atoms with Gasteiger partial charge in [0.2, 0.25) is 4.96 Å². The van der Waals surface area contributed by atoms with Crippen molar-refractivity contribution in [3.8, 4) is 0 Å². The van der Waals surface area contributed by atoms with Crippen molar-refractivity contribution in [2.24, 2.45) is 0 Å². The fourth-order valence-corrected chi connectivity index (χ4v) is 4.62. The van der Waals surface area contributed by atoms with E-state index >= 15 is 0 Å². The van der Waals surface area contributed by atoms with Crippen LogP contribution in [0.25, 0.3) is 4.96 Å². The molecule has 0 aromatic carbocycles. The Hall–Kier alpha value is -1.74. The molecule has 9 heteroatoms. The van der Waals surface area contributed by atoms with Gasteiger partial charge in [-0.1, -0.05) is 29.5 Å². The lowest BCUT2D eigenvalue weighted by Gasteiger charge is -2.04. The molecule has 0 bridgehead atoms. The van der Waals surface area contributed by atoms with Gasteiger partial charge in [0, 0.05) is 24.7 Å². The normalized spacial score (nSPS) is 14.8. The summed E-state index contributed by atoms with van der Waals surface area (Å²) in [6.07, 6.45) is 4.62. The van der Waals surface area contributed by atoms with E-state index in [4.69, 9.17) is 0 Å². The van der Waals surface area contributed by atoms with Gasteiger partial charge >= 0.3 is 0 Å². The summed E-state index contributed by atoms with van der Waals surface area (Å²) < 4.78 is 3.59. The monoisotopic (exact) mass is 348 g/mol. The third-order valence-electron chi connectivity index (χ3n) is 3.82. The fourth-order valence-electron chi connectivity index (χ4n) is 2.71. The molecule has 1 aliphatic rings. The molecule has 0 amide bonds. The van der Waals surface area contributed by atoms with Crippen LogP contribution in [-0.4, -0.2) is 29.4 Å². The van der Waals surface area contributed by atoms with Crippen molar-refractivity contribution in [3.05, 3.63) is 32.9 Å². The van der Waals surface area contributed by atoms with Crippen LogP contribution >= 0.6 is 23.1 Å². The maximum Gasteiger partial charge on any atom is 0.275 e. The predicted octanol–water partition coefficient (Wildman–Crippen LogP) is 2.07. The molecule has 0 atom stereocenters. The Morgan fingerprint density at radius 2 is 2.22 bits per heavy atom. The third-order valence-corrected chi connectivity index (χ3v) is 5.88. The average Bonchev–Trinajstić information content (AvgIpc) is 3.02. The van der Waals surface area contributed by atoms with Crippen LogP contribution in [0.3, 0.4) is 0 Å². The number of nitrogens with zero attached hydrogens (tertiary/aromatic N) is 6. The Bertz CT molecular complexity index is 912. The summed E-state index contributed by atoms with van der Waals surface area (Å²) in [4.78, 5) is 16.9. The largest absolute Gasteiger partial charge is 0.306 e. The smallest absolute Gasteiger partial charge is 0.275 e. The minimum Gasteiger partial charge on any atom is -0.306 e. The van der Waals surface area contributed by atoms with E-state index in [-0.39, 0.29) is 5.56 Å². The maximum atomic E-state index is 11.9. The van der Waals surface area contributed by atoms with Gasteiger partial charge in [-0.2, -0.15) is 9.61 Å². The number of thioether (sulfide) groups is 1. The van der Waals surface area contributed by atoms with E-state index in [2.05, 4.69) is 24.8 Å². The van der Waals surface area contributed by atoms with Crippen LogP contribution in [0.5, 0.6) is 0 Å². The highest BCUT2D eigenvalue weighted by Crippen LogP contribution is 2.26. The molecular formula is C14H16N6OS2. The van der Waals surface area contributed by atoms with E-state index in [1.54, 1.807) is 11.8 Å². The second kappa shape index (κ2) is 6.04. The SMILES string of the molecule is Cc1cc(=O)n2nc(CSc3nnc4n3CCCCC4)sc2n1. The zero-order valence-corrected chi connectivity index (χ0v) is 14.4. The molecular weight excluding hydrogens is 332 g/mol. The van der Waals surface area contributed by atoms with Crippen LogP contribution in [0.15, 0.2) is 16.0 Å². The molecule has 7 nitrogen and oxygen atoms in total. The highest BCUT2D eigenvalue weighted by Gasteiger charge is 2.16. The molecule has 4 rings (SSSR count). The number of hydrogen-bond donors (Lipinski definition) is 0. The first-order valence-electron chi connectivity index (χ1n) is 7.62. The molecule has 0 N–H and O–H groups in total. The van der Waals surface area contributed by atoms with Crippen LogP contribution in [0, 0.1) is 6.92 Å². The predicted molar refractivity (Wildman–Crippen MR) is 89.0 cm³/mol. The Balaban J connectivity index is 1.57. The molecule has 120 valence electrons. The highest BCUT2D eigenvalue weighted by atomic mass is 32.2. The summed E-state index contributed by atoms with van der Waals surface area (Å²) in [5, 5.41) is 14.8. The number of aromatic nitrogens is 6. The number of hydrogen-bond acceptors (Lipinski definition) is 7. The summed E-state index contributed by atoms with van der Waals surface area (Å²) in [6.45, 7) is 2.81. The molecule has 23 heavy (non-hydrogen) atoms. The highest BCUT2D eigenvalue weighted by molar-refractivity contribution is 7.98.